The van der Waals surface area contributed by atoms with Gasteiger partial charge in [0, 0.05) is 13.1 Å². The van der Waals surface area contributed by atoms with Gasteiger partial charge in [0.05, 0.1) is 17.0 Å². The summed E-state index contributed by atoms with van der Waals surface area (Å²) >= 11 is 6.00. The lowest BCUT2D eigenvalue weighted by Crippen LogP contribution is -2.39. The molecule has 1 saturated heterocycles. The first kappa shape index (κ1) is 14.6. The van der Waals surface area contributed by atoms with E-state index in [4.69, 9.17) is 16.3 Å². The van der Waals surface area contributed by atoms with Crippen LogP contribution in [-0.2, 0) is 10.0 Å². The molecular weight excluding hydrogens is 286 g/mol. The van der Waals surface area contributed by atoms with E-state index in [1.165, 1.54) is 13.2 Å². The number of benzene rings is 1. The average molecular weight is 304 g/mol. The first-order valence-electron chi connectivity index (χ1n) is 6.29. The predicted octanol–water partition coefficient (Wildman–Crippen LogP) is 2.77. The number of nitrogens with zero attached hydrogens (tertiary/aromatic N) is 1. The second-order valence-corrected chi connectivity index (χ2v) is 7.25. The van der Waals surface area contributed by atoms with E-state index in [0.29, 0.717) is 29.8 Å². The Morgan fingerprint density at radius 2 is 2.16 bits per heavy atom. The van der Waals surface area contributed by atoms with Crippen molar-refractivity contribution in [1.29, 1.82) is 0 Å². The molecule has 2 rings (SSSR count). The number of piperidine rings is 1. The summed E-state index contributed by atoms with van der Waals surface area (Å²) in [5, 5.41) is 0.314. The maximum Gasteiger partial charge on any atom is 0.243 e. The highest BCUT2D eigenvalue weighted by Gasteiger charge is 2.29. The maximum absolute atomic E-state index is 12.5. The lowest BCUT2D eigenvalue weighted by molar-refractivity contribution is 0.281. The first-order chi connectivity index (χ1) is 8.95. The van der Waals surface area contributed by atoms with Gasteiger partial charge < -0.3 is 4.74 Å². The normalized spacial score (nSPS) is 21.3. The molecule has 0 spiro atoms. The maximum atomic E-state index is 12.5. The third-order valence-electron chi connectivity index (χ3n) is 3.38. The van der Waals surface area contributed by atoms with E-state index in [9.17, 15) is 8.42 Å². The Morgan fingerprint density at radius 1 is 1.42 bits per heavy atom. The minimum absolute atomic E-state index is 0.229. The van der Waals surface area contributed by atoms with Gasteiger partial charge in [-0.2, -0.15) is 4.31 Å². The molecule has 0 aliphatic carbocycles. The Bertz CT molecular complexity index is 559. The number of methoxy groups -OCH3 is 1. The summed E-state index contributed by atoms with van der Waals surface area (Å²) in [5.41, 5.74) is 0. The van der Waals surface area contributed by atoms with E-state index in [2.05, 4.69) is 6.92 Å². The van der Waals surface area contributed by atoms with Crippen LogP contribution in [0.1, 0.15) is 19.8 Å². The zero-order chi connectivity index (χ0) is 14.0. The van der Waals surface area contributed by atoms with Crippen LogP contribution >= 0.6 is 11.6 Å². The van der Waals surface area contributed by atoms with E-state index in [1.807, 2.05) is 0 Å². The Kier molecular flexibility index (Phi) is 4.38. The monoisotopic (exact) mass is 303 g/mol. The van der Waals surface area contributed by atoms with Gasteiger partial charge in [-0.25, -0.2) is 8.42 Å². The Hall–Kier alpha value is -0.780. The van der Waals surface area contributed by atoms with Crippen molar-refractivity contribution in [2.24, 2.45) is 5.92 Å². The van der Waals surface area contributed by atoms with E-state index in [0.717, 1.165) is 12.8 Å². The third kappa shape index (κ3) is 3.04. The predicted molar refractivity (Wildman–Crippen MR) is 75.2 cm³/mol. The van der Waals surface area contributed by atoms with Gasteiger partial charge >= 0.3 is 0 Å². The molecule has 1 aliphatic rings. The number of rotatable bonds is 3. The SMILES string of the molecule is COc1ccc(S(=O)(=O)N2CCC[C@@H](C)C2)cc1Cl. The van der Waals surface area contributed by atoms with Gasteiger partial charge in [0.1, 0.15) is 5.75 Å². The van der Waals surface area contributed by atoms with Crippen molar-refractivity contribution in [2.45, 2.75) is 24.7 Å². The van der Waals surface area contributed by atoms with Crippen molar-refractivity contribution >= 4 is 21.6 Å². The fraction of sp³-hybridized carbons (Fsp3) is 0.538. The van der Waals surface area contributed by atoms with Crippen molar-refractivity contribution in [3.63, 3.8) is 0 Å². The molecule has 0 saturated carbocycles. The van der Waals surface area contributed by atoms with Crippen LogP contribution in [0.15, 0.2) is 23.1 Å². The second kappa shape index (κ2) is 5.69. The van der Waals surface area contributed by atoms with Crippen molar-refractivity contribution in [3.05, 3.63) is 23.2 Å². The zero-order valence-electron chi connectivity index (χ0n) is 11.1. The Labute approximate surface area is 119 Å². The third-order valence-corrected chi connectivity index (χ3v) is 5.54. The molecule has 1 aromatic rings. The van der Waals surface area contributed by atoms with Gasteiger partial charge in [0.2, 0.25) is 10.0 Å². The van der Waals surface area contributed by atoms with E-state index >= 15 is 0 Å². The van der Waals surface area contributed by atoms with E-state index in [-0.39, 0.29) is 4.90 Å². The van der Waals surface area contributed by atoms with Gasteiger partial charge in [-0.1, -0.05) is 18.5 Å². The Balaban J connectivity index is 2.31. The highest BCUT2D eigenvalue weighted by atomic mass is 35.5. The molecule has 1 heterocycles. The minimum Gasteiger partial charge on any atom is -0.495 e. The van der Waals surface area contributed by atoms with Gasteiger partial charge in [-0.15, -0.1) is 0 Å². The van der Waals surface area contributed by atoms with Crippen molar-refractivity contribution in [1.82, 2.24) is 4.31 Å². The van der Waals surface area contributed by atoms with E-state index < -0.39 is 10.0 Å². The number of sulfonamides is 1. The molecule has 1 aromatic carbocycles. The fourth-order valence-corrected chi connectivity index (χ4v) is 4.27. The van der Waals surface area contributed by atoms with Gasteiger partial charge in [0.25, 0.3) is 0 Å². The summed E-state index contributed by atoms with van der Waals surface area (Å²) in [6, 6.07) is 4.58. The highest BCUT2D eigenvalue weighted by Crippen LogP contribution is 2.29. The summed E-state index contributed by atoms with van der Waals surface area (Å²) in [5.74, 6) is 0.880. The molecule has 0 amide bonds. The number of ether oxygens (including phenoxy) is 1. The molecule has 0 N–H and O–H groups in total. The fourth-order valence-electron chi connectivity index (χ4n) is 2.32. The molecule has 1 aliphatic heterocycles. The summed E-state index contributed by atoms with van der Waals surface area (Å²) < 4.78 is 31.6. The topological polar surface area (TPSA) is 46.6 Å². The molecule has 106 valence electrons. The molecular formula is C13H18ClNO3S. The zero-order valence-corrected chi connectivity index (χ0v) is 12.7. The van der Waals surface area contributed by atoms with Crippen LogP contribution in [0.3, 0.4) is 0 Å². The van der Waals surface area contributed by atoms with Gasteiger partial charge in [-0.05, 0) is 37.0 Å². The van der Waals surface area contributed by atoms with Crippen LogP contribution in [0.4, 0.5) is 0 Å². The van der Waals surface area contributed by atoms with Crippen LogP contribution in [-0.4, -0.2) is 32.9 Å². The molecule has 0 radical (unpaired) electrons. The summed E-state index contributed by atoms with van der Waals surface area (Å²) in [6.45, 7) is 3.23. The minimum atomic E-state index is -3.45. The molecule has 1 fully saturated rings. The number of hydrogen-bond donors (Lipinski definition) is 0. The number of hydrogen-bond acceptors (Lipinski definition) is 3. The van der Waals surface area contributed by atoms with Crippen molar-refractivity contribution < 1.29 is 13.2 Å². The quantitative estimate of drug-likeness (QED) is 0.862. The molecule has 0 aromatic heterocycles. The summed E-state index contributed by atoms with van der Waals surface area (Å²) in [6.07, 6.45) is 1.99. The van der Waals surface area contributed by atoms with Gasteiger partial charge in [0.15, 0.2) is 0 Å². The molecule has 6 heteroatoms. The van der Waals surface area contributed by atoms with Crippen LogP contribution in [0.2, 0.25) is 5.02 Å². The van der Waals surface area contributed by atoms with Crippen LogP contribution in [0, 0.1) is 5.92 Å². The first-order valence-corrected chi connectivity index (χ1v) is 8.10. The van der Waals surface area contributed by atoms with Crippen LogP contribution < -0.4 is 4.74 Å². The van der Waals surface area contributed by atoms with Crippen LogP contribution in [0.25, 0.3) is 0 Å². The molecule has 1 atom stereocenters. The average Bonchev–Trinajstić information content (AvgIpc) is 2.38. The second-order valence-electron chi connectivity index (χ2n) is 4.91. The van der Waals surface area contributed by atoms with Crippen molar-refractivity contribution in [2.75, 3.05) is 20.2 Å². The highest BCUT2D eigenvalue weighted by molar-refractivity contribution is 7.89. The molecule has 0 unspecified atom stereocenters. The summed E-state index contributed by atoms with van der Waals surface area (Å²) in [7, 11) is -1.95. The standard InChI is InChI=1S/C13H18ClNO3S/c1-10-4-3-7-15(9-10)19(16,17)11-5-6-13(18-2)12(14)8-11/h5-6,8,10H,3-4,7,9H2,1-2H3/t10-/m1/s1. The van der Waals surface area contributed by atoms with Crippen molar-refractivity contribution in [3.8, 4) is 5.75 Å². The van der Waals surface area contributed by atoms with E-state index in [1.54, 1.807) is 16.4 Å². The largest absolute Gasteiger partial charge is 0.495 e. The lowest BCUT2D eigenvalue weighted by atomic mass is 10.0. The molecule has 0 bridgehead atoms. The lowest BCUT2D eigenvalue weighted by Gasteiger charge is -2.30. The smallest absolute Gasteiger partial charge is 0.243 e. The molecule has 4 nitrogen and oxygen atoms in total. The van der Waals surface area contributed by atoms with Gasteiger partial charge in [-0.3, -0.25) is 0 Å². The molecule has 19 heavy (non-hydrogen) atoms. The Morgan fingerprint density at radius 3 is 2.74 bits per heavy atom. The number of halogens is 1. The summed E-state index contributed by atoms with van der Waals surface area (Å²) in [4.78, 5) is 0.229. The van der Waals surface area contributed by atoms with Crippen LogP contribution in [0.5, 0.6) is 5.75 Å².